The van der Waals surface area contributed by atoms with Crippen LogP contribution in [0.4, 0.5) is 9.59 Å². The van der Waals surface area contributed by atoms with Crippen LogP contribution in [0.25, 0.3) is 45.1 Å². The molecule has 7 aliphatic rings. The molecule has 70 heavy (non-hydrogen) atoms. The number of benzene rings is 2. The van der Waals surface area contributed by atoms with Gasteiger partial charge in [0.25, 0.3) is 11.1 Å². The highest BCUT2D eigenvalue weighted by Gasteiger charge is 2.81. The lowest BCUT2D eigenvalue weighted by atomic mass is 9.42. The first kappa shape index (κ1) is 46.9. The van der Waals surface area contributed by atoms with E-state index in [1.807, 2.05) is 52.0 Å². The van der Waals surface area contributed by atoms with Gasteiger partial charge in [0.1, 0.15) is 13.1 Å². The summed E-state index contributed by atoms with van der Waals surface area (Å²) in [6, 6.07) is 2.87. The molecular formula is C46H50N14O10. The second kappa shape index (κ2) is 16.8. The fourth-order valence-electron chi connectivity index (χ4n) is 10.3. The minimum absolute atomic E-state index is 0.00994. The summed E-state index contributed by atoms with van der Waals surface area (Å²) >= 11 is 0. The van der Waals surface area contributed by atoms with Crippen LogP contribution in [0, 0.1) is 38.5 Å². The number of aryl methyl sites for hydroxylation is 4. The van der Waals surface area contributed by atoms with E-state index < -0.39 is 94.2 Å². The number of hydrogen-bond donors (Lipinski definition) is 4. The Hall–Kier alpha value is -8.18. The van der Waals surface area contributed by atoms with Gasteiger partial charge in [0.2, 0.25) is 23.6 Å². The molecule has 1 saturated carbocycles. The van der Waals surface area contributed by atoms with Gasteiger partial charge in [-0.2, -0.15) is 9.97 Å². The smallest absolute Gasteiger partial charge is 0.352 e. The standard InChI is InChI=1S/C46H50N14O10/c1-9-55-37(63)31-35(51-41(55)67)57(27-17-23(5)21(3)15-25(27)49-31)13-11-47-29(61)19-59-33-34-46(8,45(33,7)39(65)53-43(59)69)40(66)54-44(70)60(34)20-30(62)48-12-14-58-28-18-24(6)22(4)16-26(28)50-32-36(58)52-42(68)56(10-2)38(32)64/h15-18,33-34H,9-14,19-20H2,1-8H3,(H,47,61)(H,48,62)(H,53,65,69)(H,54,66,70)/t33?,34?,45-,46+. The van der Waals surface area contributed by atoms with Crippen LogP contribution in [0.15, 0.2) is 43.4 Å². The predicted octanol–water partition coefficient (Wildman–Crippen LogP) is -0.498. The summed E-state index contributed by atoms with van der Waals surface area (Å²) in [6.45, 7) is 12.5. The quantitative estimate of drug-likeness (QED) is 0.113. The van der Waals surface area contributed by atoms with Crippen molar-refractivity contribution in [1.29, 1.82) is 0 Å². The third kappa shape index (κ3) is 6.93. The normalized spacial score (nSPS) is 20.9. The molecule has 2 unspecified atom stereocenters. The first-order chi connectivity index (χ1) is 33.1. The molecule has 2 saturated heterocycles. The number of nitrogens with one attached hydrogen (secondary N) is 4. The van der Waals surface area contributed by atoms with Crippen molar-refractivity contribution in [3.63, 3.8) is 0 Å². The Bertz CT molecular complexity index is 3270. The van der Waals surface area contributed by atoms with E-state index in [0.29, 0.717) is 22.1 Å². The summed E-state index contributed by atoms with van der Waals surface area (Å²) in [5, 5.41) is 10.1. The van der Waals surface area contributed by atoms with E-state index in [1.54, 1.807) is 23.0 Å². The summed E-state index contributed by atoms with van der Waals surface area (Å²) in [6.07, 6.45) is 0. The van der Waals surface area contributed by atoms with Gasteiger partial charge in [0.15, 0.2) is 23.0 Å². The first-order valence-corrected chi connectivity index (χ1v) is 22.8. The van der Waals surface area contributed by atoms with E-state index >= 15 is 0 Å². The number of aromatic nitrogens is 8. The molecule has 4 atom stereocenters. The van der Waals surface area contributed by atoms with Crippen LogP contribution in [0.2, 0.25) is 0 Å². The lowest BCUT2D eigenvalue weighted by molar-refractivity contribution is -0.213. The molecule has 0 bridgehead atoms. The average Bonchev–Trinajstić information content (AvgIpc) is 3.29. The molecule has 24 heteroatoms. The highest BCUT2D eigenvalue weighted by molar-refractivity contribution is 6.11. The zero-order valence-electron chi connectivity index (χ0n) is 39.7. The molecule has 9 rings (SSSR count). The molecule has 6 aliphatic heterocycles. The van der Waals surface area contributed by atoms with Crippen LogP contribution >= 0.6 is 0 Å². The van der Waals surface area contributed by atoms with Gasteiger partial charge in [-0.05, 0) is 102 Å². The molecule has 2 aromatic carbocycles. The largest absolute Gasteiger partial charge is 0.353 e. The van der Waals surface area contributed by atoms with Gasteiger partial charge >= 0.3 is 23.4 Å². The van der Waals surface area contributed by atoms with Gasteiger partial charge in [-0.3, -0.25) is 48.5 Å². The summed E-state index contributed by atoms with van der Waals surface area (Å²) in [4.78, 5) is 155. The van der Waals surface area contributed by atoms with Crippen molar-refractivity contribution in [2.24, 2.45) is 10.8 Å². The molecule has 3 fully saturated rings. The number of amides is 8. The Balaban J connectivity index is 0.951. The van der Waals surface area contributed by atoms with Crippen LogP contribution in [-0.4, -0.2) is 122 Å². The lowest BCUT2D eigenvalue weighted by Crippen LogP contribution is -2.91. The van der Waals surface area contributed by atoms with E-state index in [2.05, 4.69) is 41.2 Å². The van der Waals surface area contributed by atoms with Crippen LogP contribution in [-0.2, 0) is 45.4 Å². The number of fused-ring (bicyclic) bond motifs is 8. The summed E-state index contributed by atoms with van der Waals surface area (Å²) in [7, 11) is 0. The van der Waals surface area contributed by atoms with Gasteiger partial charge in [0, 0.05) is 39.3 Å². The van der Waals surface area contributed by atoms with Crippen molar-refractivity contribution in [2.75, 3.05) is 26.2 Å². The highest BCUT2D eigenvalue weighted by Crippen LogP contribution is 2.63. The zero-order chi connectivity index (χ0) is 50.5. The number of carbonyl (C=O) groups excluding carboxylic acids is 6. The SMILES string of the molecule is CCn1c(=O)nc2n(CCNC(=O)CN3C(=O)NC(=O)[C@@]4(C)C3C3N(CC(=O)NCCn5c6nc(=O)n(CC)c(=O)c-6nc6cc(C)c(C)cc65)C(=O)NC(=O)[C@]34C)c3cc(C)c(C)cc3nc-2c1=O. The maximum absolute atomic E-state index is 13.8. The van der Waals surface area contributed by atoms with Gasteiger partial charge in [-0.1, -0.05) is 0 Å². The number of hydrogen-bond acceptors (Lipinski definition) is 14. The van der Waals surface area contributed by atoms with Gasteiger partial charge in [-0.15, -0.1) is 0 Å². The Morgan fingerprint density at radius 3 is 1.27 bits per heavy atom. The van der Waals surface area contributed by atoms with E-state index in [-0.39, 0.29) is 62.3 Å². The molecule has 24 nitrogen and oxygen atoms in total. The Morgan fingerprint density at radius 1 is 0.557 bits per heavy atom. The second-order valence-corrected chi connectivity index (χ2v) is 18.4. The monoisotopic (exact) mass is 958 g/mol. The van der Waals surface area contributed by atoms with Crippen molar-refractivity contribution >= 4 is 57.8 Å². The molecule has 6 heterocycles. The molecule has 0 radical (unpaired) electrons. The van der Waals surface area contributed by atoms with Crippen LogP contribution in [0.3, 0.4) is 0 Å². The fraction of sp³-hybridized carbons (Fsp3) is 0.435. The molecule has 364 valence electrons. The van der Waals surface area contributed by atoms with Crippen molar-refractivity contribution in [1.82, 2.24) is 69.3 Å². The van der Waals surface area contributed by atoms with Crippen molar-refractivity contribution in [3.8, 4) is 23.0 Å². The van der Waals surface area contributed by atoms with E-state index in [4.69, 9.17) is 0 Å². The molecule has 8 amide bonds. The number of carbonyl (C=O) groups is 6. The highest BCUT2D eigenvalue weighted by atomic mass is 16.2. The minimum atomic E-state index is -1.68. The number of rotatable bonds is 12. The Labute approximate surface area is 396 Å². The minimum Gasteiger partial charge on any atom is -0.353 e. The zero-order valence-corrected chi connectivity index (χ0v) is 39.7. The number of urea groups is 2. The molecule has 4 N–H and O–H groups in total. The first-order valence-electron chi connectivity index (χ1n) is 22.8. The second-order valence-electron chi connectivity index (χ2n) is 18.4. The molecule has 0 aromatic heterocycles. The molecule has 1 aliphatic carbocycles. The van der Waals surface area contributed by atoms with Crippen molar-refractivity contribution < 1.29 is 28.8 Å². The molecule has 2 aromatic rings. The maximum Gasteiger partial charge on any atom is 0.352 e. The van der Waals surface area contributed by atoms with E-state index in [1.165, 1.54) is 13.8 Å². The Kier molecular flexibility index (Phi) is 11.3. The van der Waals surface area contributed by atoms with E-state index in [9.17, 15) is 47.9 Å². The van der Waals surface area contributed by atoms with Crippen molar-refractivity contribution in [2.45, 2.75) is 93.7 Å². The maximum atomic E-state index is 13.8. The number of imide groups is 2. The topological polar surface area (TPSA) is 297 Å². The van der Waals surface area contributed by atoms with E-state index in [0.717, 1.165) is 41.2 Å². The summed E-state index contributed by atoms with van der Waals surface area (Å²) < 4.78 is 5.19. The van der Waals surface area contributed by atoms with Crippen LogP contribution < -0.4 is 43.8 Å². The Morgan fingerprint density at radius 2 is 0.914 bits per heavy atom. The lowest BCUT2D eigenvalue weighted by Gasteiger charge is -2.71. The third-order valence-electron chi connectivity index (χ3n) is 14.6. The molecule has 0 spiro atoms. The predicted molar refractivity (Wildman–Crippen MR) is 250 cm³/mol. The third-order valence-corrected chi connectivity index (χ3v) is 14.6. The number of nitrogens with zero attached hydrogens (tertiary/aromatic N) is 10. The van der Waals surface area contributed by atoms with Crippen molar-refractivity contribution in [3.05, 3.63) is 88.2 Å². The average molecular weight is 959 g/mol. The van der Waals surface area contributed by atoms with Gasteiger partial charge in [0.05, 0.1) is 45.0 Å². The van der Waals surface area contributed by atoms with Crippen LogP contribution in [0.5, 0.6) is 0 Å². The van der Waals surface area contributed by atoms with Gasteiger partial charge in [-0.25, -0.2) is 29.1 Å². The summed E-state index contributed by atoms with van der Waals surface area (Å²) in [5.74, 6) is -2.96. The fourth-order valence-corrected chi connectivity index (χ4v) is 10.3. The van der Waals surface area contributed by atoms with Gasteiger partial charge < -0.3 is 29.6 Å². The van der Waals surface area contributed by atoms with Crippen LogP contribution in [0.1, 0.15) is 49.9 Å². The summed E-state index contributed by atoms with van der Waals surface area (Å²) in [5.41, 5.74) is -0.523. The molecular weight excluding hydrogens is 909 g/mol.